The highest BCUT2D eigenvalue weighted by molar-refractivity contribution is 6.35. The number of likely N-dealkylation sites (N-methyl/N-ethyl adjacent to an activating group) is 1. The van der Waals surface area contributed by atoms with E-state index in [4.69, 9.17) is 34.0 Å². The van der Waals surface area contributed by atoms with Crippen molar-refractivity contribution in [2.24, 2.45) is 5.73 Å². The third-order valence-electron chi connectivity index (χ3n) is 5.95. The van der Waals surface area contributed by atoms with Crippen LogP contribution in [0.25, 0.3) is 0 Å². The highest BCUT2D eigenvalue weighted by atomic mass is 35.5. The van der Waals surface area contributed by atoms with E-state index in [0.717, 1.165) is 16.7 Å². The Labute approximate surface area is 195 Å². The molecule has 0 aromatic heterocycles. The molecule has 7 N–H and O–H groups in total. The van der Waals surface area contributed by atoms with Gasteiger partial charge in [-0.3, -0.25) is 4.79 Å². The molecule has 32 heavy (non-hydrogen) atoms. The number of primary amides is 1. The van der Waals surface area contributed by atoms with Crippen LogP contribution < -0.4 is 5.73 Å². The number of aliphatic hydroxyl groups excluding tert-OH is 4. The number of amides is 1. The number of nitrogens with zero attached hydrogens (tertiary/aromatic N) is 1. The molecule has 0 aliphatic carbocycles. The molecule has 2 aromatic rings. The Hall–Kier alpha value is -1.75. The number of rotatable bonds is 7. The summed E-state index contributed by atoms with van der Waals surface area (Å²) >= 11 is 12.6. The Morgan fingerprint density at radius 2 is 1.84 bits per heavy atom. The first-order valence-corrected chi connectivity index (χ1v) is 10.7. The van der Waals surface area contributed by atoms with Gasteiger partial charge >= 0.3 is 0 Å². The van der Waals surface area contributed by atoms with Gasteiger partial charge in [0.25, 0.3) is 5.91 Å². The minimum Gasteiger partial charge on any atom is -0.394 e. The lowest BCUT2D eigenvalue weighted by molar-refractivity contribution is -0.176. The molecule has 0 saturated carbocycles. The number of aliphatic hydroxyl groups is 5. The van der Waals surface area contributed by atoms with E-state index in [-0.39, 0.29) is 11.5 Å². The number of benzene rings is 2. The first kappa shape index (κ1) is 24.9. The van der Waals surface area contributed by atoms with Crippen LogP contribution in [-0.4, -0.2) is 74.9 Å². The summed E-state index contributed by atoms with van der Waals surface area (Å²) in [5, 5.41) is 51.0. The van der Waals surface area contributed by atoms with Gasteiger partial charge in [-0.15, -0.1) is 0 Å². The first-order valence-electron chi connectivity index (χ1n) is 9.94. The predicted octanol–water partition coefficient (Wildman–Crippen LogP) is 0.319. The molecule has 2 aromatic carbocycles. The van der Waals surface area contributed by atoms with Gasteiger partial charge in [0.2, 0.25) is 0 Å². The highest BCUT2D eigenvalue weighted by Gasteiger charge is 2.48. The fourth-order valence-electron chi connectivity index (χ4n) is 4.12. The van der Waals surface area contributed by atoms with Crippen molar-refractivity contribution in [1.82, 2.24) is 4.90 Å². The summed E-state index contributed by atoms with van der Waals surface area (Å²) < 4.78 is 0. The first-order chi connectivity index (χ1) is 15.0. The summed E-state index contributed by atoms with van der Waals surface area (Å²) in [6.45, 7) is 0.456. The fraction of sp³-hybridized carbons (Fsp3) is 0.409. The summed E-state index contributed by atoms with van der Waals surface area (Å²) in [5.74, 6) is -1.41. The molecule has 0 spiro atoms. The minimum absolute atomic E-state index is 0.0704. The summed E-state index contributed by atoms with van der Waals surface area (Å²) in [6.07, 6.45) is -5.97. The monoisotopic (exact) mass is 484 g/mol. The zero-order chi connectivity index (χ0) is 23.8. The van der Waals surface area contributed by atoms with Gasteiger partial charge in [0, 0.05) is 29.1 Å². The van der Waals surface area contributed by atoms with E-state index in [2.05, 4.69) is 4.90 Å². The van der Waals surface area contributed by atoms with Crippen LogP contribution >= 0.6 is 23.2 Å². The van der Waals surface area contributed by atoms with Crippen molar-refractivity contribution in [3.63, 3.8) is 0 Å². The Balaban J connectivity index is 1.99. The van der Waals surface area contributed by atoms with Crippen LogP contribution in [0.3, 0.4) is 0 Å². The number of halogens is 2. The molecule has 0 fully saturated rings. The number of carbonyl (C=O) groups excluding carboxylic acids is 1. The van der Waals surface area contributed by atoms with Crippen LogP contribution in [0.15, 0.2) is 36.4 Å². The van der Waals surface area contributed by atoms with Crippen LogP contribution in [0, 0.1) is 0 Å². The van der Waals surface area contributed by atoms with Gasteiger partial charge in [-0.2, -0.15) is 0 Å². The van der Waals surface area contributed by atoms with E-state index >= 15 is 0 Å². The number of hydrogen-bond acceptors (Lipinski definition) is 7. The standard InChI is InChI=1S/C22H26Cl2N2O6/c1-26-8-15(14-6-13(23)7-17(24)16(14)9-26)11-2-4-12(5-3-11)22(32,21(25)31)20(30)19(29)18(28)10-27/h2-7,15,18-20,27-30,32H,8-10H2,1H3,(H2,25,31)/t15?,18-,19-,20+,22-/m1/s1. The van der Waals surface area contributed by atoms with Crippen molar-refractivity contribution in [1.29, 1.82) is 0 Å². The Bertz CT molecular complexity index is 989. The van der Waals surface area contributed by atoms with E-state index < -0.39 is 36.4 Å². The largest absolute Gasteiger partial charge is 0.394 e. The fourth-order valence-corrected chi connectivity index (χ4v) is 4.69. The predicted molar refractivity (Wildman–Crippen MR) is 119 cm³/mol. The molecule has 1 aliphatic rings. The smallest absolute Gasteiger partial charge is 0.256 e. The van der Waals surface area contributed by atoms with Crippen LogP contribution in [0.4, 0.5) is 0 Å². The van der Waals surface area contributed by atoms with Gasteiger partial charge in [-0.05, 0) is 41.4 Å². The number of carbonyl (C=O) groups is 1. The molecule has 8 nitrogen and oxygen atoms in total. The Kier molecular flexibility index (Phi) is 7.48. The molecule has 0 radical (unpaired) electrons. The normalized spacial score (nSPS) is 21.3. The van der Waals surface area contributed by atoms with Crippen LogP contribution in [-0.2, 0) is 16.9 Å². The van der Waals surface area contributed by atoms with Gasteiger partial charge in [-0.1, -0.05) is 47.5 Å². The third kappa shape index (κ3) is 4.50. The summed E-state index contributed by atoms with van der Waals surface area (Å²) in [4.78, 5) is 14.2. The number of nitrogens with two attached hydrogens (primary N) is 1. The maximum Gasteiger partial charge on any atom is 0.256 e. The lowest BCUT2D eigenvalue weighted by Crippen LogP contribution is -2.58. The van der Waals surface area contributed by atoms with Crippen LogP contribution in [0.2, 0.25) is 10.0 Å². The van der Waals surface area contributed by atoms with Crippen LogP contribution in [0.1, 0.15) is 28.2 Å². The quantitative estimate of drug-likeness (QED) is 0.331. The SMILES string of the molecule is CN1Cc2c(Cl)cc(Cl)cc2C(c2ccc([C@](O)(C(N)=O)[C@@H](O)[C@H](O)[C@H](O)CO)cc2)C1. The second-order valence-corrected chi connectivity index (χ2v) is 8.99. The molecular weight excluding hydrogens is 459 g/mol. The van der Waals surface area contributed by atoms with E-state index in [1.165, 1.54) is 12.1 Å². The molecular formula is C22H26Cl2N2O6. The minimum atomic E-state index is -2.69. The average molecular weight is 485 g/mol. The van der Waals surface area contributed by atoms with Gasteiger partial charge in [0.05, 0.1) is 6.61 Å². The molecule has 0 bridgehead atoms. The van der Waals surface area contributed by atoms with E-state index in [1.54, 1.807) is 18.2 Å². The molecule has 5 atom stereocenters. The van der Waals surface area contributed by atoms with Gasteiger partial charge in [-0.25, -0.2) is 0 Å². The van der Waals surface area contributed by atoms with Crippen molar-refractivity contribution in [2.75, 3.05) is 20.2 Å². The highest BCUT2D eigenvalue weighted by Crippen LogP contribution is 2.39. The van der Waals surface area contributed by atoms with Gasteiger partial charge in [0.15, 0.2) is 5.60 Å². The van der Waals surface area contributed by atoms with Gasteiger partial charge < -0.3 is 36.2 Å². The topological polar surface area (TPSA) is 147 Å². The maximum atomic E-state index is 12.1. The zero-order valence-corrected chi connectivity index (χ0v) is 18.8. The summed E-state index contributed by atoms with van der Waals surface area (Å²) in [6, 6.07) is 9.75. The Morgan fingerprint density at radius 1 is 1.22 bits per heavy atom. The zero-order valence-electron chi connectivity index (χ0n) is 17.3. The molecule has 174 valence electrons. The molecule has 1 aliphatic heterocycles. The van der Waals surface area contributed by atoms with Crippen molar-refractivity contribution < 1.29 is 30.3 Å². The lowest BCUT2D eigenvalue weighted by atomic mass is 9.80. The number of fused-ring (bicyclic) bond motifs is 1. The molecule has 1 unspecified atom stereocenters. The van der Waals surface area contributed by atoms with E-state index in [0.29, 0.717) is 23.1 Å². The van der Waals surface area contributed by atoms with Crippen molar-refractivity contribution >= 4 is 29.1 Å². The summed E-state index contributed by atoms with van der Waals surface area (Å²) in [7, 11) is 1.96. The lowest BCUT2D eigenvalue weighted by Gasteiger charge is -2.35. The molecule has 1 amide bonds. The second-order valence-electron chi connectivity index (χ2n) is 8.14. The van der Waals surface area contributed by atoms with Crippen molar-refractivity contribution in [3.8, 4) is 0 Å². The average Bonchev–Trinajstić information content (AvgIpc) is 2.77. The van der Waals surface area contributed by atoms with Crippen LogP contribution in [0.5, 0.6) is 0 Å². The number of hydrogen-bond donors (Lipinski definition) is 6. The van der Waals surface area contributed by atoms with Crippen molar-refractivity contribution in [2.45, 2.75) is 36.4 Å². The maximum absolute atomic E-state index is 12.1. The van der Waals surface area contributed by atoms with E-state index in [1.807, 2.05) is 13.1 Å². The van der Waals surface area contributed by atoms with Crippen molar-refractivity contribution in [3.05, 3.63) is 68.7 Å². The van der Waals surface area contributed by atoms with E-state index in [9.17, 15) is 25.2 Å². The molecule has 3 rings (SSSR count). The molecule has 10 heteroatoms. The molecule has 0 saturated heterocycles. The van der Waals surface area contributed by atoms with Gasteiger partial charge in [0.1, 0.15) is 18.3 Å². The summed E-state index contributed by atoms with van der Waals surface area (Å²) in [5.41, 5.74) is 5.35. The Morgan fingerprint density at radius 3 is 2.41 bits per heavy atom. The molecule has 1 heterocycles. The third-order valence-corrected chi connectivity index (χ3v) is 6.51. The second kappa shape index (κ2) is 9.62.